The Morgan fingerprint density at radius 3 is 2.94 bits per heavy atom. The lowest BCUT2D eigenvalue weighted by Gasteiger charge is -2.18. The third-order valence-corrected chi connectivity index (χ3v) is 6.38. The molecule has 0 saturated heterocycles. The van der Waals surface area contributed by atoms with E-state index in [1.807, 2.05) is 6.92 Å². The summed E-state index contributed by atoms with van der Waals surface area (Å²) in [6.45, 7) is 1.83. The predicted molar refractivity (Wildman–Crippen MR) is 116 cm³/mol. The van der Waals surface area contributed by atoms with Gasteiger partial charge in [-0.3, -0.25) is 4.79 Å². The van der Waals surface area contributed by atoms with Gasteiger partial charge in [0.1, 0.15) is 34.6 Å². The number of carbonyl (C=O) groups excluding carboxylic acids is 1. The van der Waals surface area contributed by atoms with E-state index in [2.05, 4.69) is 20.6 Å². The molecule has 1 fully saturated rings. The van der Waals surface area contributed by atoms with Gasteiger partial charge in [-0.2, -0.15) is 0 Å². The Balaban J connectivity index is 1.66. The summed E-state index contributed by atoms with van der Waals surface area (Å²) in [7, 11) is 0. The molecule has 1 amide bonds. The smallest absolute Gasteiger partial charge is 0.261 e. The van der Waals surface area contributed by atoms with E-state index in [0.717, 1.165) is 0 Å². The van der Waals surface area contributed by atoms with Crippen molar-refractivity contribution in [3.8, 4) is 5.75 Å². The van der Waals surface area contributed by atoms with Crippen LogP contribution >= 0.6 is 11.3 Å². The Hall–Kier alpha value is -2.82. The molecule has 0 aliphatic heterocycles. The maximum Gasteiger partial charge on any atom is 0.261 e. The number of amides is 1. The summed E-state index contributed by atoms with van der Waals surface area (Å²) in [5.41, 5.74) is 1.24. The third-order valence-electron chi connectivity index (χ3n) is 5.18. The summed E-state index contributed by atoms with van der Waals surface area (Å²) in [5, 5.41) is 25.2. The van der Waals surface area contributed by atoms with Crippen molar-refractivity contribution in [3.63, 3.8) is 0 Å². The molecule has 0 radical (unpaired) electrons. The van der Waals surface area contributed by atoms with E-state index in [1.54, 1.807) is 6.07 Å². The number of aryl methyl sites for hydroxylation is 1. The number of ether oxygens (including phenoxy) is 1. The van der Waals surface area contributed by atoms with Crippen molar-refractivity contribution in [2.45, 2.75) is 38.4 Å². The van der Waals surface area contributed by atoms with Crippen molar-refractivity contribution >= 4 is 39.0 Å². The fraction of sp³-hybridized carbons (Fsp3) is 0.381. The molecule has 0 spiro atoms. The summed E-state index contributed by atoms with van der Waals surface area (Å²) < 4.78 is 19.9. The molecule has 2 atom stereocenters. The molecule has 31 heavy (non-hydrogen) atoms. The molecule has 2 heterocycles. The largest absolute Gasteiger partial charge is 0.488 e. The van der Waals surface area contributed by atoms with Gasteiger partial charge >= 0.3 is 0 Å². The number of carbonyl (C=O) groups is 1. The molecule has 4 N–H and O–H groups in total. The fourth-order valence-corrected chi connectivity index (χ4v) is 4.73. The summed E-state index contributed by atoms with van der Waals surface area (Å²) in [5.74, 6) is 0.0927. The van der Waals surface area contributed by atoms with Crippen LogP contribution in [0.5, 0.6) is 5.75 Å². The van der Waals surface area contributed by atoms with Crippen LogP contribution in [0.25, 0.3) is 10.2 Å². The van der Waals surface area contributed by atoms with Crippen molar-refractivity contribution in [1.29, 1.82) is 0 Å². The summed E-state index contributed by atoms with van der Waals surface area (Å²) >= 11 is 1.24. The Morgan fingerprint density at radius 1 is 1.35 bits per heavy atom. The first kappa shape index (κ1) is 21.4. The molecule has 10 heteroatoms. The number of aromatic nitrogens is 2. The number of anilines is 2. The number of halogens is 1. The van der Waals surface area contributed by atoms with E-state index in [4.69, 9.17) is 9.84 Å². The van der Waals surface area contributed by atoms with E-state index in [-0.39, 0.29) is 25.2 Å². The minimum Gasteiger partial charge on any atom is -0.488 e. The first-order chi connectivity index (χ1) is 15.0. The van der Waals surface area contributed by atoms with Gasteiger partial charge < -0.3 is 25.6 Å². The molecule has 164 valence electrons. The molecule has 2 unspecified atom stereocenters. The normalized spacial score (nSPS) is 18.3. The van der Waals surface area contributed by atoms with Gasteiger partial charge in [0.25, 0.3) is 5.91 Å². The number of rotatable bonds is 7. The van der Waals surface area contributed by atoms with Crippen LogP contribution in [0.3, 0.4) is 0 Å². The molecular formula is C21H23FN4O4S. The molecule has 0 bridgehead atoms. The van der Waals surface area contributed by atoms with Gasteiger partial charge in [0.05, 0.1) is 28.7 Å². The van der Waals surface area contributed by atoms with Gasteiger partial charge in [-0.1, -0.05) is 0 Å². The third kappa shape index (κ3) is 4.60. The highest BCUT2D eigenvalue weighted by molar-refractivity contribution is 7.20. The monoisotopic (exact) mass is 446 g/mol. The number of thiophene rings is 1. The number of aliphatic hydroxyl groups is 2. The van der Waals surface area contributed by atoms with Crippen molar-refractivity contribution in [2.24, 2.45) is 0 Å². The van der Waals surface area contributed by atoms with E-state index in [1.165, 1.54) is 29.8 Å². The van der Waals surface area contributed by atoms with Gasteiger partial charge in [0.2, 0.25) is 0 Å². The van der Waals surface area contributed by atoms with Crippen LogP contribution in [0.2, 0.25) is 0 Å². The van der Waals surface area contributed by atoms with E-state index < -0.39 is 11.9 Å². The van der Waals surface area contributed by atoms with Gasteiger partial charge in [0, 0.05) is 19.0 Å². The molecule has 3 aromatic rings. The van der Waals surface area contributed by atoms with Crippen LogP contribution in [-0.2, 0) is 0 Å². The SMILES string of the molecule is Cc1c(C(=O)NCCO)sc2ncnc(Nc3ccc(F)cc3OC3CCC(O)C3)c12. The van der Waals surface area contributed by atoms with Crippen LogP contribution in [-0.4, -0.2) is 51.4 Å². The van der Waals surface area contributed by atoms with Crippen molar-refractivity contribution in [3.05, 3.63) is 40.8 Å². The average Bonchev–Trinajstić information content (AvgIpc) is 3.31. The molecule has 1 saturated carbocycles. The minimum absolute atomic E-state index is 0.145. The van der Waals surface area contributed by atoms with Gasteiger partial charge in [0.15, 0.2) is 0 Å². The molecule has 8 nitrogen and oxygen atoms in total. The number of nitrogens with zero attached hydrogens (tertiary/aromatic N) is 2. The Kier molecular flexibility index (Phi) is 6.30. The molecule has 1 aromatic carbocycles. The second-order valence-electron chi connectivity index (χ2n) is 7.41. The maximum atomic E-state index is 13.9. The number of fused-ring (bicyclic) bond motifs is 1. The second-order valence-corrected chi connectivity index (χ2v) is 8.41. The number of nitrogens with one attached hydrogen (secondary N) is 2. The molecular weight excluding hydrogens is 423 g/mol. The summed E-state index contributed by atoms with van der Waals surface area (Å²) in [4.78, 5) is 22.1. The number of benzene rings is 1. The molecule has 4 rings (SSSR count). The van der Waals surface area contributed by atoms with Crippen LogP contribution in [0.15, 0.2) is 24.5 Å². The van der Waals surface area contributed by atoms with Crippen LogP contribution < -0.4 is 15.4 Å². The first-order valence-corrected chi connectivity index (χ1v) is 10.8. The highest BCUT2D eigenvalue weighted by atomic mass is 32.1. The zero-order chi connectivity index (χ0) is 22.0. The van der Waals surface area contributed by atoms with E-state index >= 15 is 0 Å². The van der Waals surface area contributed by atoms with Crippen LogP contribution in [0.1, 0.15) is 34.5 Å². The van der Waals surface area contributed by atoms with Crippen molar-refractivity contribution < 1.29 is 24.1 Å². The topological polar surface area (TPSA) is 117 Å². The van der Waals surface area contributed by atoms with E-state index in [0.29, 0.717) is 57.2 Å². The minimum atomic E-state index is -0.429. The Bertz CT molecular complexity index is 1110. The Labute approximate surface area is 182 Å². The number of hydrogen-bond acceptors (Lipinski definition) is 8. The zero-order valence-corrected chi connectivity index (χ0v) is 17.7. The summed E-state index contributed by atoms with van der Waals surface area (Å²) in [6.07, 6.45) is 2.67. The second kappa shape index (κ2) is 9.13. The quantitative estimate of drug-likeness (QED) is 0.441. The number of hydrogen-bond donors (Lipinski definition) is 4. The first-order valence-electron chi connectivity index (χ1n) is 10.0. The van der Waals surface area contributed by atoms with Crippen LogP contribution in [0, 0.1) is 12.7 Å². The van der Waals surface area contributed by atoms with Crippen LogP contribution in [0.4, 0.5) is 15.9 Å². The predicted octanol–water partition coefficient (Wildman–Crippen LogP) is 2.90. The lowest BCUT2D eigenvalue weighted by Crippen LogP contribution is -2.26. The number of aliphatic hydroxyl groups excluding tert-OH is 2. The standard InChI is InChI=1S/C21H23FN4O4S/c1-11-17-19(24-10-25-21(17)31-18(11)20(29)23-6-7-27)26-15-5-2-12(22)8-16(15)30-14-4-3-13(28)9-14/h2,5,8,10,13-14,27-28H,3-4,6-7,9H2,1H3,(H,23,29)(H,24,25,26). The van der Waals surface area contributed by atoms with Gasteiger partial charge in [-0.15, -0.1) is 11.3 Å². The maximum absolute atomic E-state index is 13.9. The summed E-state index contributed by atoms with van der Waals surface area (Å²) in [6, 6.07) is 4.20. The molecule has 1 aliphatic rings. The highest BCUT2D eigenvalue weighted by Gasteiger charge is 2.26. The van der Waals surface area contributed by atoms with Gasteiger partial charge in [-0.05, 0) is 37.5 Å². The lowest BCUT2D eigenvalue weighted by molar-refractivity contribution is 0.0948. The zero-order valence-electron chi connectivity index (χ0n) is 16.9. The fourth-order valence-electron chi connectivity index (χ4n) is 3.66. The van der Waals surface area contributed by atoms with E-state index in [9.17, 15) is 14.3 Å². The van der Waals surface area contributed by atoms with Gasteiger partial charge in [-0.25, -0.2) is 14.4 Å². The average molecular weight is 447 g/mol. The highest BCUT2D eigenvalue weighted by Crippen LogP contribution is 2.37. The molecule has 2 aromatic heterocycles. The van der Waals surface area contributed by atoms with Crippen molar-refractivity contribution in [2.75, 3.05) is 18.5 Å². The molecule has 1 aliphatic carbocycles. The Morgan fingerprint density at radius 2 is 2.19 bits per heavy atom. The van der Waals surface area contributed by atoms with Crippen molar-refractivity contribution in [1.82, 2.24) is 15.3 Å². The lowest BCUT2D eigenvalue weighted by atomic mass is 10.2.